The van der Waals surface area contributed by atoms with E-state index in [1.165, 1.54) is 4.90 Å². The molecule has 25 heavy (non-hydrogen) atoms. The van der Waals surface area contributed by atoms with Crippen molar-refractivity contribution < 1.29 is 24.2 Å². The number of nitrogens with zero attached hydrogens (tertiary/aromatic N) is 1. The normalized spacial score (nSPS) is 20.2. The first kappa shape index (κ1) is 17.5. The second kappa shape index (κ2) is 6.89. The molecule has 8 nitrogen and oxygen atoms in total. The fraction of sp³-hybridized carbons (Fsp3) is 0.529. The molecule has 0 bridgehead atoms. The van der Waals surface area contributed by atoms with Gasteiger partial charge < -0.3 is 30.1 Å². The Bertz CT molecular complexity index is 719. The topological polar surface area (TPSA) is 100 Å². The molecule has 1 fully saturated rings. The van der Waals surface area contributed by atoms with Crippen LogP contribution in [0.15, 0.2) is 0 Å². The number of aliphatic hydroxyl groups excluding tert-OH is 1. The fourth-order valence-corrected chi connectivity index (χ4v) is 3.12. The van der Waals surface area contributed by atoms with E-state index >= 15 is 0 Å². The average molecular weight is 349 g/mol. The average Bonchev–Trinajstić information content (AvgIpc) is 2.81. The SMILES string of the molecule is Cc1c(C)c2c(c(C)c1NC(=O)N1CCOCC(O)C1)NC(=O)CO2. The van der Waals surface area contributed by atoms with Gasteiger partial charge in [0, 0.05) is 12.1 Å². The molecule has 1 unspecified atom stereocenters. The number of anilines is 2. The Labute approximate surface area is 146 Å². The number of fused-ring (bicyclic) bond motifs is 1. The molecule has 3 rings (SSSR count). The van der Waals surface area contributed by atoms with E-state index < -0.39 is 6.10 Å². The minimum atomic E-state index is -0.701. The molecule has 1 aromatic rings. The molecule has 2 heterocycles. The number of benzene rings is 1. The maximum absolute atomic E-state index is 12.6. The fourth-order valence-electron chi connectivity index (χ4n) is 3.12. The van der Waals surface area contributed by atoms with Gasteiger partial charge in [0.15, 0.2) is 6.61 Å². The molecule has 8 heteroatoms. The number of ether oxygens (including phenoxy) is 2. The van der Waals surface area contributed by atoms with Gasteiger partial charge >= 0.3 is 6.03 Å². The highest BCUT2D eigenvalue weighted by Crippen LogP contribution is 2.41. The molecule has 1 aromatic carbocycles. The van der Waals surface area contributed by atoms with Gasteiger partial charge in [-0.2, -0.15) is 0 Å². The summed E-state index contributed by atoms with van der Waals surface area (Å²) in [5, 5.41) is 15.5. The smallest absolute Gasteiger partial charge is 0.322 e. The van der Waals surface area contributed by atoms with Crippen molar-refractivity contribution in [2.24, 2.45) is 0 Å². The van der Waals surface area contributed by atoms with Gasteiger partial charge in [0.25, 0.3) is 5.91 Å². The lowest BCUT2D eigenvalue weighted by molar-refractivity contribution is -0.118. The molecule has 3 amide bonds. The summed E-state index contributed by atoms with van der Waals surface area (Å²) in [5.74, 6) is 0.426. The number of rotatable bonds is 1. The monoisotopic (exact) mass is 349 g/mol. The zero-order valence-corrected chi connectivity index (χ0v) is 14.6. The van der Waals surface area contributed by atoms with Gasteiger partial charge in [-0.05, 0) is 31.9 Å². The second-order valence-corrected chi connectivity index (χ2v) is 6.40. The van der Waals surface area contributed by atoms with Crippen LogP contribution in [0, 0.1) is 20.8 Å². The summed E-state index contributed by atoms with van der Waals surface area (Å²) in [6.07, 6.45) is -0.701. The Morgan fingerprint density at radius 3 is 2.80 bits per heavy atom. The van der Waals surface area contributed by atoms with E-state index in [4.69, 9.17) is 9.47 Å². The minimum absolute atomic E-state index is 0.00983. The zero-order valence-electron chi connectivity index (χ0n) is 14.6. The summed E-state index contributed by atoms with van der Waals surface area (Å²) < 4.78 is 10.8. The van der Waals surface area contributed by atoms with Crippen LogP contribution in [0.1, 0.15) is 16.7 Å². The minimum Gasteiger partial charge on any atom is -0.481 e. The van der Waals surface area contributed by atoms with Gasteiger partial charge in [-0.25, -0.2) is 4.79 Å². The van der Waals surface area contributed by atoms with E-state index in [0.717, 1.165) is 16.7 Å². The van der Waals surface area contributed by atoms with Crippen molar-refractivity contribution in [3.05, 3.63) is 16.7 Å². The quantitative estimate of drug-likeness (QED) is 0.707. The third-order valence-electron chi connectivity index (χ3n) is 4.63. The van der Waals surface area contributed by atoms with Crippen LogP contribution in [0.25, 0.3) is 0 Å². The lowest BCUT2D eigenvalue weighted by Gasteiger charge is -2.27. The summed E-state index contributed by atoms with van der Waals surface area (Å²) in [4.78, 5) is 25.8. The summed E-state index contributed by atoms with van der Waals surface area (Å²) in [7, 11) is 0. The maximum atomic E-state index is 12.6. The number of carbonyl (C=O) groups is 2. The summed E-state index contributed by atoms with van der Waals surface area (Å²) in [6.45, 7) is 6.85. The van der Waals surface area contributed by atoms with Gasteiger partial charge in [0.2, 0.25) is 0 Å². The van der Waals surface area contributed by atoms with Gasteiger partial charge in [0.1, 0.15) is 5.75 Å². The zero-order chi connectivity index (χ0) is 18.1. The van der Waals surface area contributed by atoms with E-state index in [1.807, 2.05) is 20.8 Å². The molecule has 2 aliphatic heterocycles. The molecule has 0 aliphatic carbocycles. The first-order valence-corrected chi connectivity index (χ1v) is 8.26. The van der Waals surface area contributed by atoms with Crippen LogP contribution in [-0.2, 0) is 9.53 Å². The summed E-state index contributed by atoms with van der Waals surface area (Å²) in [5.41, 5.74) is 3.73. The largest absolute Gasteiger partial charge is 0.481 e. The first-order valence-electron chi connectivity index (χ1n) is 8.26. The van der Waals surface area contributed by atoms with Crippen LogP contribution in [-0.4, -0.2) is 61.0 Å². The lowest BCUT2D eigenvalue weighted by atomic mass is 9.99. The van der Waals surface area contributed by atoms with Crippen LogP contribution < -0.4 is 15.4 Å². The summed E-state index contributed by atoms with van der Waals surface area (Å²) in [6, 6.07) is -0.307. The van der Waals surface area contributed by atoms with E-state index in [9.17, 15) is 14.7 Å². The predicted molar refractivity (Wildman–Crippen MR) is 92.2 cm³/mol. The number of hydrogen-bond donors (Lipinski definition) is 3. The molecule has 1 saturated heterocycles. The molecular weight excluding hydrogens is 326 g/mol. The Morgan fingerprint density at radius 2 is 2.04 bits per heavy atom. The van der Waals surface area contributed by atoms with Crippen molar-refractivity contribution in [1.82, 2.24) is 4.90 Å². The molecular formula is C17H23N3O5. The molecule has 0 aromatic heterocycles. The van der Waals surface area contributed by atoms with Crippen molar-refractivity contribution in [3.8, 4) is 5.75 Å². The number of carbonyl (C=O) groups excluding carboxylic acids is 2. The standard InChI is InChI=1S/C17H23N3O5/c1-9-10(2)16-15(18-13(22)8-25-16)11(3)14(9)19-17(23)20-4-5-24-7-12(21)6-20/h12,21H,4-8H2,1-3H3,(H,18,22)(H,19,23). The Morgan fingerprint density at radius 1 is 1.28 bits per heavy atom. The number of nitrogens with one attached hydrogen (secondary N) is 2. The Kier molecular flexibility index (Phi) is 4.82. The molecule has 2 aliphatic rings. The third-order valence-corrected chi connectivity index (χ3v) is 4.63. The Hall–Kier alpha value is -2.32. The van der Waals surface area contributed by atoms with Crippen LogP contribution in [0.5, 0.6) is 5.75 Å². The van der Waals surface area contributed by atoms with Gasteiger partial charge in [-0.15, -0.1) is 0 Å². The van der Waals surface area contributed by atoms with Crippen molar-refractivity contribution in [2.75, 3.05) is 43.5 Å². The highest BCUT2D eigenvalue weighted by Gasteiger charge is 2.27. The van der Waals surface area contributed by atoms with E-state index in [-0.39, 0.29) is 31.7 Å². The van der Waals surface area contributed by atoms with Crippen LogP contribution in [0.2, 0.25) is 0 Å². The first-order chi connectivity index (χ1) is 11.9. The van der Waals surface area contributed by atoms with E-state index in [1.54, 1.807) is 0 Å². The highest BCUT2D eigenvalue weighted by atomic mass is 16.5. The molecule has 136 valence electrons. The number of β-amino-alcohol motifs (C(OH)–C–C–N with tert-alkyl or cyclic N) is 1. The number of urea groups is 1. The van der Waals surface area contributed by atoms with Gasteiger partial charge in [-0.1, -0.05) is 0 Å². The van der Waals surface area contributed by atoms with Crippen LogP contribution in [0.3, 0.4) is 0 Å². The van der Waals surface area contributed by atoms with Gasteiger partial charge in [0.05, 0.1) is 37.2 Å². The molecule has 3 N–H and O–H groups in total. The number of aliphatic hydroxyl groups is 1. The number of hydrogen-bond acceptors (Lipinski definition) is 5. The molecule has 0 radical (unpaired) electrons. The summed E-state index contributed by atoms with van der Waals surface area (Å²) >= 11 is 0. The van der Waals surface area contributed by atoms with Gasteiger partial charge in [-0.3, -0.25) is 4.79 Å². The van der Waals surface area contributed by atoms with E-state index in [2.05, 4.69) is 10.6 Å². The van der Waals surface area contributed by atoms with Crippen molar-refractivity contribution in [2.45, 2.75) is 26.9 Å². The maximum Gasteiger partial charge on any atom is 0.322 e. The number of amides is 3. The Balaban J connectivity index is 1.89. The molecule has 0 saturated carbocycles. The third kappa shape index (κ3) is 3.40. The molecule has 0 spiro atoms. The highest BCUT2D eigenvalue weighted by molar-refractivity contribution is 6.00. The van der Waals surface area contributed by atoms with Crippen molar-refractivity contribution in [1.29, 1.82) is 0 Å². The van der Waals surface area contributed by atoms with E-state index in [0.29, 0.717) is 30.3 Å². The second-order valence-electron chi connectivity index (χ2n) is 6.40. The van der Waals surface area contributed by atoms with Crippen molar-refractivity contribution >= 4 is 23.3 Å². The lowest BCUT2D eigenvalue weighted by Crippen LogP contribution is -2.40. The van der Waals surface area contributed by atoms with Crippen molar-refractivity contribution in [3.63, 3.8) is 0 Å². The predicted octanol–water partition coefficient (Wildman–Crippen LogP) is 1.17. The van der Waals surface area contributed by atoms with Crippen LogP contribution in [0.4, 0.5) is 16.2 Å². The molecule has 1 atom stereocenters. The van der Waals surface area contributed by atoms with Crippen LogP contribution >= 0.6 is 0 Å².